The molecule has 0 saturated carbocycles. The zero-order valence-electron chi connectivity index (χ0n) is 13.8. The highest BCUT2D eigenvalue weighted by atomic mass is 16.5. The molecule has 1 atom stereocenters. The summed E-state index contributed by atoms with van der Waals surface area (Å²) in [5.41, 5.74) is 1.55. The van der Waals surface area contributed by atoms with Gasteiger partial charge in [-0.15, -0.1) is 0 Å². The van der Waals surface area contributed by atoms with Gasteiger partial charge in [-0.25, -0.2) is 4.98 Å². The lowest BCUT2D eigenvalue weighted by atomic mass is 9.82. The van der Waals surface area contributed by atoms with Gasteiger partial charge in [-0.1, -0.05) is 0 Å². The number of benzene rings is 1. The molecule has 2 aliphatic rings. The third kappa shape index (κ3) is 2.59. The number of nitrogens with zero attached hydrogens (tertiary/aromatic N) is 2. The number of ether oxygens (including phenoxy) is 1. The number of amides is 1. The van der Waals surface area contributed by atoms with Crippen LogP contribution in [0.2, 0.25) is 0 Å². The third-order valence-corrected chi connectivity index (χ3v) is 5.26. The lowest BCUT2D eigenvalue weighted by molar-refractivity contribution is -0.174. The van der Waals surface area contributed by atoms with Crippen molar-refractivity contribution in [3.05, 3.63) is 29.7 Å². The lowest BCUT2D eigenvalue weighted by Gasteiger charge is -2.46. The monoisotopic (exact) mass is 330 g/mol. The van der Waals surface area contributed by atoms with E-state index in [0.717, 1.165) is 18.4 Å². The van der Waals surface area contributed by atoms with Crippen molar-refractivity contribution in [2.24, 2.45) is 0 Å². The number of aryl methyl sites for hydroxylation is 1. The molecule has 1 aromatic heterocycles. The second kappa shape index (κ2) is 5.86. The Bertz CT molecular complexity index is 761. The highest BCUT2D eigenvalue weighted by Gasteiger charge is 2.44. The van der Waals surface area contributed by atoms with Gasteiger partial charge in [-0.05, 0) is 43.9 Å². The molecule has 6 nitrogen and oxygen atoms in total. The van der Waals surface area contributed by atoms with E-state index in [0.29, 0.717) is 49.6 Å². The average molecular weight is 330 g/mol. The molecular formula is C18H22N2O4. The number of oxazole rings is 1. The summed E-state index contributed by atoms with van der Waals surface area (Å²) in [5, 5.41) is 10.3. The summed E-state index contributed by atoms with van der Waals surface area (Å²) in [6.45, 7) is 3.69. The predicted molar refractivity (Wildman–Crippen MR) is 87.8 cm³/mol. The van der Waals surface area contributed by atoms with Crippen molar-refractivity contribution >= 4 is 17.0 Å². The molecule has 2 fully saturated rings. The van der Waals surface area contributed by atoms with Gasteiger partial charge in [0.2, 0.25) is 0 Å². The summed E-state index contributed by atoms with van der Waals surface area (Å²) in [6.07, 6.45) is 2.64. The van der Waals surface area contributed by atoms with Gasteiger partial charge in [-0.2, -0.15) is 0 Å². The zero-order valence-corrected chi connectivity index (χ0v) is 13.8. The fourth-order valence-corrected chi connectivity index (χ4v) is 3.83. The first-order valence-electron chi connectivity index (χ1n) is 8.56. The molecule has 0 aliphatic carbocycles. The largest absolute Gasteiger partial charge is 0.441 e. The maximum atomic E-state index is 12.8. The number of hydrogen-bond acceptors (Lipinski definition) is 5. The Balaban J connectivity index is 1.49. The Morgan fingerprint density at radius 2 is 2.17 bits per heavy atom. The molecule has 2 saturated heterocycles. The molecule has 2 aromatic rings. The van der Waals surface area contributed by atoms with E-state index in [2.05, 4.69) is 4.98 Å². The Kier molecular flexibility index (Phi) is 3.81. The molecule has 24 heavy (non-hydrogen) atoms. The maximum Gasteiger partial charge on any atom is 0.253 e. The van der Waals surface area contributed by atoms with Gasteiger partial charge in [0.1, 0.15) is 5.52 Å². The minimum atomic E-state index is -0.457. The van der Waals surface area contributed by atoms with Crippen molar-refractivity contribution in [3.8, 4) is 0 Å². The molecular weight excluding hydrogens is 308 g/mol. The molecule has 1 N–H and O–H groups in total. The standard InChI is InChI=1S/C18H22N2O4/c1-12-19-14-5-4-13(11-15(14)24-12)17(22)20-8-6-18(7-9-20)16(21)3-2-10-23-18/h4-5,11,16,21H,2-3,6-10H2,1H3/t16-/m0/s1. The summed E-state index contributed by atoms with van der Waals surface area (Å²) in [6, 6.07) is 5.37. The minimum Gasteiger partial charge on any atom is -0.441 e. The Labute approximate surface area is 140 Å². The number of hydrogen-bond donors (Lipinski definition) is 1. The number of carbonyl (C=O) groups is 1. The molecule has 0 radical (unpaired) electrons. The second-order valence-corrected chi connectivity index (χ2v) is 6.78. The number of rotatable bonds is 1. The number of carbonyl (C=O) groups excluding carboxylic acids is 1. The van der Waals surface area contributed by atoms with E-state index in [1.807, 2.05) is 11.0 Å². The number of likely N-dealkylation sites (tertiary alicyclic amines) is 1. The molecule has 4 rings (SSSR count). The van der Waals surface area contributed by atoms with E-state index < -0.39 is 11.7 Å². The Hall–Kier alpha value is -1.92. The van der Waals surface area contributed by atoms with Crippen LogP contribution in [0.5, 0.6) is 0 Å². The second-order valence-electron chi connectivity index (χ2n) is 6.78. The molecule has 3 heterocycles. The van der Waals surface area contributed by atoms with Gasteiger partial charge in [0.25, 0.3) is 5.91 Å². The van der Waals surface area contributed by atoms with Crippen LogP contribution < -0.4 is 0 Å². The molecule has 1 amide bonds. The van der Waals surface area contributed by atoms with Crippen molar-refractivity contribution in [2.45, 2.75) is 44.3 Å². The van der Waals surface area contributed by atoms with Gasteiger partial charge in [0.05, 0.1) is 11.7 Å². The summed E-state index contributed by atoms with van der Waals surface area (Å²) >= 11 is 0. The molecule has 6 heteroatoms. The number of aromatic nitrogens is 1. The van der Waals surface area contributed by atoms with Gasteiger partial charge >= 0.3 is 0 Å². The fourth-order valence-electron chi connectivity index (χ4n) is 3.83. The van der Waals surface area contributed by atoms with Gasteiger partial charge in [0.15, 0.2) is 11.5 Å². The minimum absolute atomic E-state index is 0.00824. The molecule has 2 aliphatic heterocycles. The number of aliphatic hydroxyl groups is 1. The third-order valence-electron chi connectivity index (χ3n) is 5.26. The summed E-state index contributed by atoms with van der Waals surface area (Å²) in [5.74, 6) is 0.587. The van der Waals surface area contributed by atoms with Crippen LogP contribution in [0.15, 0.2) is 22.6 Å². The van der Waals surface area contributed by atoms with E-state index in [4.69, 9.17) is 9.15 Å². The first kappa shape index (κ1) is 15.6. The van der Waals surface area contributed by atoms with Crippen LogP contribution in [0, 0.1) is 6.92 Å². The Morgan fingerprint density at radius 3 is 2.92 bits per heavy atom. The van der Waals surface area contributed by atoms with E-state index in [1.54, 1.807) is 19.1 Å². The fraction of sp³-hybridized carbons (Fsp3) is 0.556. The number of fused-ring (bicyclic) bond motifs is 1. The van der Waals surface area contributed by atoms with Gasteiger partial charge in [-0.3, -0.25) is 4.79 Å². The first-order chi connectivity index (χ1) is 11.6. The highest BCUT2D eigenvalue weighted by Crippen LogP contribution is 2.35. The normalized spacial score (nSPS) is 23.8. The number of piperidine rings is 1. The summed E-state index contributed by atoms with van der Waals surface area (Å²) < 4.78 is 11.4. The lowest BCUT2D eigenvalue weighted by Crippen LogP contribution is -2.56. The smallest absolute Gasteiger partial charge is 0.253 e. The first-order valence-corrected chi connectivity index (χ1v) is 8.56. The van der Waals surface area contributed by atoms with Crippen LogP contribution in [-0.2, 0) is 4.74 Å². The van der Waals surface area contributed by atoms with Crippen LogP contribution in [0.1, 0.15) is 41.9 Å². The van der Waals surface area contributed by atoms with Crippen molar-refractivity contribution in [3.63, 3.8) is 0 Å². The van der Waals surface area contributed by atoms with Crippen molar-refractivity contribution in [1.29, 1.82) is 0 Å². The van der Waals surface area contributed by atoms with E-state index in [-0.39, 0.29) is 5.91 Å². The van der Waals surface area contributed by atoms with Crippen LogP contribution in [0.3, 0.4) is 0 Å². The topological polar surface area (TPSA) is 75.8 Å². The predicted octanol–water partition coefficient (Wildman–Crippen LogP) is 2.28. The quantitative estimate of drug-likeness (QED) is 0.868. The van der Waals surface area contributed by atoms with Crippen molar-refractivity contribution < 1.29 is 19.1 Å². The molecule has 128 valence electrons. The molecule has 0 bridgehead atoms. The van der Waals surface area contributed by atoms with E-state index in [1.165, 1.54) is 0 Å². The van der Waals surface area contributed by atoms with Gasteiger partial charge < -0.3 is 19.2 Å². The van der Waals surface area contributed by atoms with E-state index >= 15 is 0 Å². The van der Waals surface area contributed by atoms with Crippen LogP contribution >= 0.6 is 0 Å². The zero-order chi connectivity index (χ0) is 16.7. The van der Waals surface area contributed by atoms with Crippen molar-refractivity contribution in [2.75, 3.05) is 19.7 Å². The summed E-state index contributed by atoms with van der Waals surface area (Å²) in [7, 11) is 0. The van der Waals surface area contributed by atoms with Crippen LogP contribution in [-0.4, -0.2) is 52.3 Å². The van der Waals surface area contributed by atoms with Crippen LogP contribution in [0.4, 0.5) is 0 Å². The molecule has 0 unspecified atom stereocenters. The van der Waals surface area contributed by atoms with Gasteiger partial charge in [0, 0.05) is 32.2 Å². The SMILES string of the molecule is Cc1nc2ccc(C(=O)N3CCC4(CC3)OCCC[C@@H]4O)cc2o1. The molecule has 1 spiro atoms. The average Bonchev–Trinajstić information content (AvgIpc) is 2.97. The number of aliphatic hydroxyl groups excluding tert-OH is 1. The summed E-state index contributed by atoms with van der Waals surface area (Å²) in [4.78, 5) is 18.9. The van der Waals surface area contributed by atoms with E-state index in [9.17, 15) is 9.90 Å². The molecule has 1 aromatic carbocycles. The Morgan fingerprint density at radius 1 is 1.38 bits per heavy atom. The van der Waals surface area contributed by atoms with Crippen molar-refractivity contribution in [1.82, 2.24) is 9.88 Å². The maximum absolute atomic E-state index is 12.8. The highest BCUT2D eigenvalue weighted by molar-refractivity contribution is 5.97. The van der Waals surface area contributed by atoms with Crippen LogP contribution in [0.25, 0.3) is 11.1 Å².